The van der Waals surface area contributed by atoms with E-state index in [0.29, 0.717) is 35.4 Å². The van der Waals surface area contributed by atoms with Crippen LogP contribution in [0.4, 0.5) is 11.4 Å². The maximum absolute atomic E-state index is 12.4. The van der Waals surface area contributed by atoms with Crippen molar-refractivity contribution in [2.75, 3.05) is 30.5 Å². The topological polar surface area (TPSA) is 93.1 Å². The van der Waals surface area contributed by atoms with Crippen LogP contribution in [0, 0.1) is 5.92 Å². The number of carboxylic acid groups (broad SMARTS) is 1. The van der Waals surface area contributed by atoms with Crippen molar-refractivity contribution in [2.24, 2.45) is 5.92 Å². The van der Waals surface area contributed by atoms with Crippen molar-refractivity contribution >= 4 is 34.7 Å². The van der Waals surface area contributed by atoms with E-state index >= 15 is 0 Å². The van der Waals surface area contributed by atoms with Crippen molar-refractivity contribution in [3.63, 3.8) is 0 Å². The highest BCUT2D eigenvalue weighted by molar-refractivity contribution is 7.81. The van der Waals surface area contributed by atoms with Crippen molar-refractivity contribution in [3.8, 4) is 5.75 Å². The molecule has 1 aliphatic carbocycles. The molecule has 7 nitrogen and oxygen atoms in total. The number of benzene rings is 2. The smallest absolute Gasteiger partial charge is 0.341 e. The Balaban J connectivity index is 1.77. The van der Waals surface area contributed by atoms with Crippen molar-refractivity contribution in [1.82, 2.24) is 4.90 Å². The lowest BCUT2D eigenvalue weighted by molar-refractivity contribution is 0.0692. The quantitative estimate of drug-likeness (QED) is 0.571. The molecule has 0 aromatic heterocycles. The fourth-order valence-corrected chi connectivity index (χ4v) is 4.97. The van der Waals surface area contributed by atoms with E-state index in [-0.39, 0.29) is 11.3 Å². The van der Waals surface area contributed by atoms with Crippen LogP contribution in [0.2, 0.25) is 0 Å². The highest BCUT2D eigenvalue weighted by Crippen LogP contribution is 2.56. The van der Waals surface area contributed by atoms with E-state index in [1.807, 2.05) is 24.3 Å². The second-order valence-electron chi connectivity index (χ2n) is 8.05. The zero-order chi connectivity index (χ0) is 22.8. The SMILES string of the molecule is CCN(CC)CC=Cc1ccccc1N(c1ccc2c(c1C(=O)O)OCC1CC21)S(=O)[O-]. The molecule has 4 rings (SSSR count). The Hall–Kier alpha value is -2.68. The summed E-state index contributed by atoms with van der Waals surface area (Å²) in [5, 5.41) is 10.00. The number of nitrogens with zero attached hydrogens (tertiary/aromatic N) is 2. The molecule has 2 aliphatic rings. The predicted molar refractivity (Wildman–Crippen MR) is 124 cm³/mol. The largest absolute Gasteiger partial charge is 0.755 e. The first-order valence-electron chi connectivity index (χ1n) is 10.9. The zero-order valence-electron chi connectivity index (χ0n) is 18.2. The van der Waals surface area contributed by atoms with Gasteiger partial charge in [-0.2, -0.15) is 0 Å². The summed E-state index contributed by atoms with van der Waals surface area (Å²) in [5.41, 5.74) is 1.89. The van der Waals surface area contributed by atoms with Gasteiger partial charge in [0.1, 0.15) is 11.3 Å². The maximum atomic E-state index is 12.4. The Morgan fingerprint density at radius 3 is 2.66 bits per heavy atom. The fourth-order valence-electron chi connectivity index (χ4n) is 4.33. The molecule has 8 heteroatoms. The number of hydrogen-bond donors (Lipinski definition) is 1. The predicted octanol–water partition coefficient (Wildman–Crippen LogP) is 4.17. The molecule has 0 saturated heterocycles. The normalized spacial score (nSPS) is 19.9. The van der Waals surface area contributed by atoms with Crippen LogP contribution < -0.4 is 9.04 Å². The van der Waals surface area contributed by atoms with Gasteiger partial charge in [-0.15, -0.1) is 0 Å². The van der Waals surface area contributed by atoms with Crippen LogP contribution in [0.15, 0.2) is 42.5 Å². The summed E-state index contributed by atoms with van der Waals surface area (Å²) in [5.74, 6) is -0.191. The van der Waals surface area contributed by atoms with Gasteiger partial charge in [-0.25, -0.2) is 4.79 Å². The molecule has 0 spiro atoms. The highest BCUT2D eigenvalue weighted by atomic mass is 32.2. The molecule has 1 saturated carbocycles. The number of para-hydroxylation sites is 1. The summed E-state index contributed by atoms with van der Waals surface area (Å²) in [6.07, 6.45) is 4.83. The van der Waals surface area contributed by atoms with Crippen molar-refractivity contribution < 1.29 is 23.4 Å². The third-order valence-corrected chi connectivity index (χ3v) is 6.91. The summed E-state index contributed by atoms with van der Waals surface area (Å²) >= 11 is -2.74. The molecule has 2 aromatic rings. The van der Waals surface area contributed by atoms with Crippen LogP contribution in [0.1, 0.15) is 47.7 Å². The summed E-state index contributed by atoms with van der Waals surface area (Å²) < 4.78 is 31.6. The standard InChI is InChI=1S/C24H28N2O5S/c1-3-25(4-2)13-7-9-16-8-5-6-10-20(16)26(32(29)30)21-12-11-18-19-14-17(19)15-31-23(18)22(21)24(27)28/h5-12,17,19H,3-4,13-15H2,1-2H3,(H,27,28)(H,29,30)/p-1. The van der Waals surface area contributed by atoms with E-state index in [2.05, 4.69) is 18.7 Å². The van der Waals surface area contributed by atoms with Gasteiger partial charge in [0.05, 0.1) is 29.2 Å². The number of ether oxygens (including phenoxy) is 1. The van der Waals surface area contributed by atoms with Crippen LogP contribution in [0.25, 0.3) is 6.08 Å². The van der Waals surface area contributed by atoms with Crippen LogP contribution in [0.3, 0.4) is 0 Å². The molecule has 0 radical (unpaired) electrons. The minimum Gasteiger partial charge on any atom is -0.755 e. The molecular weight excluding hydrogens is 428 g/mol. The Kier molecular flexibility index (Phi) is 6.64. The number of carboxylic acids is 1. The van der Waals surface area contributed by atoms with Gasteiger partial charge in [0.2, 0.25) is 0 Å². The van der Waals surface area contributed by atoms with E-state index in [9.17, 15) is 18.7 Å². The molecule has 3 unspecified atom stereocenters. The molecule has 1 fully saturated rings. The maximum Gasteiger partial charge on any atom is 0.341 e. The second kappa shape index (κ2) is 9.44. The number of likely N-dealkylation sites (N-methyl/N-ethyl adjacent to an activating group) is 1. The summed E-state index contributed by atoms with van der Waals surface area (Å²) in [6, 6.07) is 10.4. The van der Waals surface area contributed by atoms with E-state index in [0.717, 1.165) is 35.9 Å². The van der Waals surface area contributed by atoms with Gasteiger partial charge in [-0.05, 0) is 48.7 Å². The number of anilines is 2. The first-order chi connectivity index (χ1) is 15.5. The molecule has 0 amide bonds. The molecule has 0 bridgehead atoms. The van der Waals surface area contributed by atoms with Gasteiger partial charge < -0.3 is 19.3 Å². The van der Waals surface area contributed by atoms with E-state index in [1.54, 1.807) is 24.3 Å². The molecule has 170 valence electrons. The third-order valence-electron chi connectivity index (χ3n) is 6.22. The first kappa shape index (κ1) is 22.5. The monoisotopic (exact) mass is 455 g/mol. The summed E-state index contributed by atoms with van der Waals surface area (Å²) in [4.78, 5) is 14.5. The lowest BCUT2D eigenvalue weighted by Gasteiger charge is -2.31. The van der Waals surface area contributed by atoms with Crippen LogP contribution >= 0.6 is 0 Å². The number of fused-ring (bicyclic) bond motifs is 3. The lowest BCUT2D eigenvalue weighted by Crippen LogP contribution is -2.24. The van der Waals surface area contributed by atoms with Gasteiger partial charge in [-0.3, -0.25) is 8.51 Å². The minimum atomic E-state index is -2.74. The average Bonchev–Trinajstić information content (AvgIpc) is 3.57. The highest BCUT2D eigenvalue weighted by Gasteiger charge is 2.45. The van der Waals surface area contributed by atoms with Gasteiger partial charge in [0, 0.05) is 12.5 Å². The third kappa shape index (κ3) is 4.30. The van der Waals surface area contributed by atoms with Gasteiger partial charge in [0.15, 0.2) is 0 Å². The number of hydrogen-bond acceptors (Lipinski definition) is 5. The molecule has 32 heavy (non-hydrogen) atoms. The second-order valence-corrected chi connectivity index (χ2v) is 8.85. The number of rotatable bonds is 9. The molecular formula is C24H27N2O5S-. The molecule has 1 heterocycles. The fraction of sp³-hybridized carbons (Fsp3) is 0.375. The molecule has 3 atom stereocenters. The number of aromatic carboxylic acids is 1. The van der Waals surface area contributed by atoms with Gasteiger partial charge in [0.25, 0.3) is 0 Å². The van der Waals surface area contributed by atoms with Crippen molar-refractivity contribution in [1.29, 1.82) is 0 Å². The Bertz CT molecular complexity index is 1070. The van der Waals surface area contributed by atoms with Crippen molar-refractivity contribution in [3.05, 3.63) is 59.2 Å². The van der Waals surface area contributed by atoms with E-state index < -0.39 is 17.2 Å². The van der Waals surface area contributed by atoms with E-state index in [1.165, 1.54) is 0 Å². The Labute approximate surface area is 190 Å². The molecule has 2 aromatic carbocycles. The Morgan fingerprint density at radius 1 is 1.22 bits per heavy atom. The van der Waals surface area contributed by atoms with Crippen LogP contribution in [-0.4, -0.2) is 51.0 Å². The average molecular weight is 456 g/mol. The first-order valence-corrected chi connectivity index (χ1v) is 11.9. The minimum absolute atomic E-state index is 0.0771. The number of carbonyl (C=O) groups is 1. The van der Waals surface area contributed by atoms with Gasteiger partial charge >= 0.3 is 5.97 Å². The zero-order valence-corrected chi connectivity index (χ0v) is 19.0. The Morgan fingerprint density at radius 2 is 1.97 bits per heavy atom. The summed E-state index contributed by atoms with van der Waals surface area (Å²) in [7, 11) is 0. The molecule has 1 aliphatic heterocycles. The van der Waals surface area contributed by atoms with Gasteiger partial charge in [-0.1, -0.05) is 50.3 Å². The van der Waals surface area contributed by atoms with E-state index in [4.69, 9.17) is 4.74 Å². The summed E-state index contributed by atoms with van der Waals surface area (Å²) in [6.45, 7) is 7.20. The lowest BCUT2D eigenvalue weighted by atomic mass is 9.99. The van der Waals surface area contributed by atoms with Crippen LogP contribution in [0.5, 0.6) is 5.75 Å². The van der Waals surface area contributed by atoms with Crippen LogP contribution in [-0.2, 0) is 11.3 Å². The molecule has 1 N–H and O–H groups in total. The van der Waals surface area contributed by atoms with Crippen molar-refractivity contribution in [2.45, 2.75) is 26.2 Å².